The van der Waals surface area contributed by atoms with E-state index in [0.29, 0.717) is 31.4 Å². The molecule has 0 aliphatic rings. The maximum atomic E-state index is 9.18. The van der Waals surface area contributed by atoms with Crippen molar-refractivity contribution in [1.82, 2.24) is 9.97 Å². The SMILES string of the molecule is CCCCN(CCO)c1cc(NN)nc(COCC)n1. The lowest BCUT2D eigenvalue weighted by Crippen LogP contribution is -2.29. The number of hydrogen-bond acceptors (Lipinski definition) is 7. The summed E-state index contributed by atoms with van der Waals surface area (Å²) < 4.78 is 5.33. The minimum Gasteiger partial charge on any atom is -0.395 e. The van der Waals surface area contributed by atoms with Crippen LogP contribution < -0.4 is 16.2 Å². The van der Waals surface area contributed by atoms with Crippen LogP contribution in [0.15, 0.2) is 6.07 Å². The molecule has 0 bridgehead atoms. The Morgan fingerprint density at radius 3 is 2.75 bits per heavy atom. The van der Waals surface area contributed by atoms with Crippen LogP contribution in [-0.4, -0.2) is 41.4 Å². The smallest absolute Gasteiger partial charge is 0.158 e. The second-order valence-corrected chi connectivity index (χ2v) is 4.37. The zero-order chi connectivity index (χ0) is 14.8. The van der Waals surface area contributed by atoms with E-state index in [1.54, 1.807) is 6.07 Å². The van der Waals surface area contributed by atoms with Crippen molar-refractivity contribution in [3.8, 4) is 0 Å². The van der Waals surface area contributed by atoms with Crippen molar-refractivity contribution in [2.75, 3.05) is 36.6 Å². The largest absolute Gasteiger partial charge is 0.395 e. The first kappa shape index (κ1) is 16.6. The highest BCUT2D eigenvalue weighted by Crippen LogP contribution is 2.16. The first-order valence-electron chi connectivity index (χ1n) is 7.03. The van der Waals surface area contributed by atoms with E-state index >= 15 is 0 Å². The van der Waals surface area contributed by atoms with E-state index in [0.717, 1.165) is 25.2 Å². The fourth-order valence-corrected chi connectivity index (χ4v) is 1.79. The molecule has 0 spiro atoms. The predicted octanol–water partition coefficient (Wildman–Crippen LogP) is 0.897. The van der Waals surface area contributed by atoms with Crippen LogP contribution in [0.25, 0.3) is 0 Å². The molecule has 0 saturated carbocycles. The standard InChI is InChI=1S/C13H25N5O2/c1-3-5-6-18(7-8-19)13-9-11(17-14)15-12(16-13)10-20-4-2/h9,19H,3-8,10,14H2,1-2H3,(H,15,16,17). The third kappa shape index (κ3) is 5.28. The normalized spacial score (nSPS) is 10.6. The number of hydrazine groups is 1. The van der Waals surface area contributed by atoms with Crippen molar-refractivity contribution in [1.29, 1.82) is 0 Å². The first-order chi connectivity index (χ1) is 9.74. The van der Waals surface area contributed by atoms with Gasteiger partial charge in [0.25, 0.3) is 0 Å². The van der Waals surface area contributed by atoms with Crippen molar-refractivity contribution in [3.05, 3.63) is 11.9 Å². The summed E-state index contributed by atoms with van der Waals surface area (Å²) >= 11 is 0. The van der Waals surface area contributed by atoms with Gasteiger partial charge in [0.2, 0.25) is 0 Å². The van der Waals surface area contributed by atoms with Gasteiger partial charge in [-0.15, -0.1) is 0 Å². The van der Waals surface area contributed by atoms with Crippen LogP contribution in [0.3, 0.4) is 0 Å². The molecule has 1 aromatic rings. The number of nitrogens with two attached hydrogens (primary N) is 1. The van der Waals surface area contributed by atoms with Gasteiger partial charge in [0.15, 0.2) is 5.82 Å². The molecule has 7 heteroatoms. The van der Waals surface area contributed by atoms with Crippen molar-refractivity contribution >= 4 is 11.6 Å². The van der Waals surface area contributed by atoms with Crippen LogP contribution in [0.4, 0.5) is 11.6 Å². The molecule has 0 atom stereocenters. The summed E-state index contributed by atoms with van der Waals surface area (Å²) in [5, 5.41) is 9.18. The van der Waals surface area contributed by atoms with Gasteiger partial charge in [-0.3, -0.25) is 0 Å². The molecule has 0 amide bonds. The van der Waals surface area contributed by atoms with Crippen LogP contribution in [0.2, 0.25) is 0 Å². The van der Waals surface area contributed by atoms with Crippen LogP contribution in [0.1, 0.15) is 32.5 Å². The monoisotopic (exact) mass is 283 g/mol. The topological polar surface area (TPSA) is 96.5 Å². The number of anilines is 2. The Morgan fingerprint density at radius 1 is 1.35 bits per heavy atom. The average molecular weight is 283 g/mol. The summed E-state index contributed by atoms with van der Waals surface area (Å²) in [5.41, 5.74) is 2.54. The highest BCUT2D eigenvalue weighted by Gasteiger charge is 2.11. The molecule has 7 nitrogen and oxygen atoms in total. The number of hydrogen-bond donors (Lipinski definition) is 3. The molecule has 0 radical (unpaired) electrons. The molecular weight excluding hydrogens is 258 g/mol. The second-order valence-electron chi connectivity index (χ2n) is 4.37. The van der Waals surface area contributed by atoms with E-state index in [1.165, 1.54) is 0 Å². The minimum absolute atomic E-state index is 0.0832. The fourth-order valence-electron chi connectivity index (χ4n) is 1.79. The molecule has 4 N–H and O–H groups in total. The summed E-state index contributed by atoms with van der Waals surface area (Å²) in [5.74, 6) is 7.32. The fraction of sp³-hybridized carbons (Fsp3) is 0.692. The maximum absolute atomic E-state index is 9.18. The highest BCUT2D eigenvalue weighted by atomic mass is 16.5. The van der Waals surface area contributed by atoms with Gasteiger partial charge in [-0.2, -0.15) is 0 Å². The average Bonchev–Trinajstić information content (AvgIpc) is 2.49. The number of aliphatic hydroxyl groups excluding tert-OH is 1. The molecule has 0 aliphatic heterocycles. The molecule has 0 aromatic carbocycles. The van der Waals surface area contributed by atoms with E-state index in [2.05, 4.69) is 22.3 Å². The van der Waals surface area contributed by atoms with E-state index in [9.17, 15) is 5.11 Å². The van der Waals surface area contributed by atoms with Gasteiger partial charge in [0.1, 0.15) is 18.2 Å². The highest BCUT2D eigenvalue weighted by molar-refractivity contribution is 5.48. The number of rotatable bonds is 10. The molecule has 0 unspecified atom stereocenters. The van der Waals surface area contributed by atoms with Gasteiger partial charge in [-0.1, -0.05) is 13.3 Å². The number of nitrogens with one attached hydrogen (secondary N) is 1. The summed E-state index contributed by atoms with van der Waals surface area (Å²) in [6, 6.07) is 1.78. The van der Waals surface area contributed by atoms with Crippen molar-refractivity contribution in [2.24, 2.45) is 5.84 Å². The number of aromatic nitrogens is 2. The predicted molar refractivity (Wildman–Crippen MR) is 79.4 cm³/mol. The number of ether oxygens (including phenoxy) is 1. The van der Waals surface area contributed by atoms with Gasteiger partial charge in [0, 0.05) is 25.8 Å². The van der Waals surface area contributed by atoms with Crippen LogP contribution in [0.5, 0.6) is 0 Å². The summed E-state index contributed by atoms with van der Waals surface area (Å²) in [6.45, 7) is 6.46. The molecule has 1 rings (SSSR count). The third-order valence-electron chi connectivity index (χ3n) is 2.82. The third-order valence-corrected chi connectivity index (χ3v) is 2.82. The molecular formula is C13H25N5O2. The molecule has 114 valence electrons. The van der Waals surface area contributed by atoms with Gasteiger partial charge in [-0.05, 0) is 13.3 Å². The Bertz CT molecular complexity index is 389. The first-order valence-corrected chi connectivity index (χ1v) is 7.03. The molecule has 0 fully saturated rings. The molecule has 1 heterocycles. The van der Waals surface area contributed by atoms with Crippen LogP contribution >= 0.6 is 0 Å². The Hall–Kier alpha value is -1.44. The second kappa shape index (κ2) is 9.46. The molecule has 20 heavy (non-hydrogen) atoms. The lowest BCUT2D eigenvalue weighted by atomic mass is 10.3. The summed E-state index contributed by atoms with van der Waals surface area (Å²) in [6.07, 6.45) is 2.12. The van der Waals surface area contributed by atoms with E-state index in [-0.39, 0.29) is 6.61 Å². The van der Waals surface area contributed by atoms with E-state index in [4.69, 9.17) is 10.6 Å². The van der Waals surface area contributed by atoms with Crippen molar-refractivity contribution in [3.63, 3.8) is 0 Å². The Balaban J connectivity index is 2.92. The Labute approximate surface area is 120 Å². The number of unbranched alkanes of at least 4 members (excludes halogenated alkanes) is 1. The van der Waals surface area contributed by atoms with Gasteiger partial charge < -0.3 is 20.2 Å². The van der Waals surface area contributed by atoms with Gasteiger partial charge >= 0.3 is 0 Å². The summed E-state index contributed by atoms with van der Waals surface area (Å²) in [4.78, 5) is 10.8. The van der Waals surface area contributed by atoms with E-state index in [1.807, 2.05) is 11.8 Å². The summed E-state index contributed by atoms with van der Waals surface area (Å²) in [7, 11) is 0. The van der Waals surface area contributed by atoms with Crippen molar-refractivity contribution in [2.45, 2.75) is 33.3 Å². The van der Waals surface area contributed by atoms with Crippen molar-refractivity contribution < 1.29 is 9.84 Å². The molecule has 0 aliphatic carbocycles. The number of aliphatic hydroxyl groups is 1. The lowest BCUT2D eigenvalue weighted by Gasteiger charge is -2.23. The van der Waals surface area contributed by atoms with Gasteiger partial charge in [0.05, 0.1) is 6.61 Å². The van der Waals surface area contributed by atoms with Crippen LogP contribution in [0, 0.1) is 0 Å². The Kier molecular flexibility index (Phi) is 7.86. The minimum atomic E-state index is 0.0832. The number of nitrogens with zero attached hydrogens (tertiary/aromatic N) is 3. The molecule has 0 saturated heterocycles. The maximum Gasteiger partial charge on any atom is 0.158 e. The quantitative estimate of drug-likeness (QED) is 0.433. The zero-order valence-electron chi connectivity index (χ0n) is 12.3. The van der Waals surface area contributed by atoms with Crippen LogP contribution in [-0.2, 0) is 11.3 Å². The zero-order valence-corrected chi connectivity index (χ0v) is 12.3. The number of nitrogen functional groups attached to an aromatic ring is 1. The van der Waals surface area contributed by atoms with Gasteiger partial charge in [-0.25, -0.2) is 15.8 Å². The Morgan fingerprint density at radius 2 is 2.15 bits per heavy atom. The van der Waals surface area contributed by atoms with E-state index < -0.39 is 0 Å². The lowest BCUT2D eigenvalue weighted by molar-refractivity contribution is 0.128. The molecule has 1 aromatic heterocycles.